The molecule has 1 aliphatic heterocycles. The number of hydrogen-bond acceptors (Lipinski definition) is 5. The van der Waals surface area contributed by atoms with E-state index in [1.54, 1.807) is 25.3 Å². The van der Waals surface area contributed by atoms with E-state index in [0.717, 1.165) is 11.3 Å². The average molecular weight is 402 g/mol. The first-order valence-corrected chi connectivity index (χ1v) is 9.15. The van der Waals surface area contributed by atoms with Crippen LogP contribution >= 0.6 is 11.6 Å². The first-order valence-electron chi connectivity index (χ1n) is 8.77. The van der Waals surface area contributed by atoms with Crippen LogP contribution in [0.15, 0.2) is 47.0 Å². The van der Waals surface area contributed by atoms with Gasteiger partial charge in [-0.2, -0.15) is 4.98 Å². The smallest absolute Gasteiger partial charge is 0.249 e. The first-order chi connectivity index (χ1) is 13.6. The van der Waals surface area contributed by atoms with Crippen molar-refractivity contribution < 1.29 is 18.4 Å². The second-order valence-corrected chi connectivity index (χ2v) is 6.87. The van der Waals surface area contributed by atoms with Crippen molar-refractivity contribution >= 4 is 17.5 Å². The minimum absolute atomic E-state index is 0.0508. The van der Waals surface area contributed by atoms with E-state index in [0.29, 0.717) is 24.6 Å². The fourth-order valence-electron chi connectivity index (χ4n) is 3.27. The fraction of sp³-hybridized carbons (Fsp3) is 0.250. The maximum atomic E-state index is 14.2. The van der Waals surface area contributed by atoms with Gasteiger partial charge >= 0.3 is 0 Å². The lowest BCUT2D eigenvalue weighted by atomic mass is 10.1. The molecular formula is C20H17ClFN3O3. The molecule has 0 N–H and O–H groups in total. The Hall–Kier alpha value is -2.93. The summed E-state index contributed by atoms with van der Waals surface area (Å²) in [5.74, 6) is 0.913. The molecule has 0 bridgehead atoms. The molecule has 3 aromatic rings. The zero-order chi connectivity index (χ0) is 19.7. The van der Waals surface area contributed by atoms with Crippen molar-refractivity contribution in [3.8, 4) is 17.1 Å². The maximum absolute atomic E-state index is 14.2. The van der Waals surface area contributed by atoms with E-state index in [-0.39, 0.29) is 23.0 Å². The number of carbonyl (C=O) groups is 1. The molecule has 4 rings (SSSR count). The molecule has 0 saturated carbocycles. The number of carbonyl (C=O) groups excluding carboxylic acids is 1. The zero-order valence-electron chi connectivity index (χ0n) is 15.1. The molecule has 1 unspecified atom stereocenters. The Morgan fingerprint density at radius 3 is 2.79 bits per heavy atom. The van der Waals surface area contributed by atoms with Gasteiger partial charge in [-0.25, -0.2) is 4.39 Å². The summed E-state index contributed by atoms with van der Waals surface area (Å²) in [6.07, 6.45) is 0.853. The van der Waals surface area contributed by atoms with E-state index in [2.05, 4.69) is 10.1 Å². The Labute approximate surface area is 165 Å². The SMILES string of the molecule is COc1ccc(-c2noc(C3CCC(=O)N3Cc3c(F)cccc3Cl)n2)cc1. The predicted octanol–water partition coefficient (Wildman–Crippen LogP) is 4.40. The molecule has 1 amide bonds. The number of amides is 1. The maximum Gasteiger partial charge on any atom is 0.249 e. The van der Waals surface area contributed by atoms with Gasteiger partial charge in [-0.1, -0.05) is 22.8 Å². The van der Waals surface area contributed by atoms with Crippen molar-refractivity contribution in [2.75, 3.05) is 7.11 Å². The summed E-state index contributed by atoms with van der Waals surface area (Å²) >= 11 is 6.12. The highest BCUT2D eigenvalue weighted by molar-refractivity contribution is 6.31. The molecule has 28 heavy (non-hydrogen) atoms. The van der Waals surface area contributed by atoms with Crippen LogP contribution in [0.1, 0.15) is 30.3 Å². The summed E-state index contributed by atoms with van der Waals surface area (Å²) in [7, 11) is 1.59. The standard InChI is InChI=1S/C20H17ClFN3O3/c1-27-13-7-5-12(6-8-13)19-23-20(28-24-19)17-9-10-18(26)25(17)11-14-15(21)3-2-4-16(14)22/h2-8,17H,9-11H2,1H3. The number of rotatable bonds is 5. The van der Waals surface area contributed by atoms with Gasteiger partial charge in [0, 0.05) is 22.6 Å². The van der Waals surface area contributed by atoms with Crippen molar-refractivity contribution in [1.82, 2.24) is 15.0 Å². The second kappa shape index (κ2) is 7.59. The van der Waals surface area contributed by atoms with Crippen molar-refractivity contribution in [3.05, 3.63) is 64.8 Å². The quantitative estimate of drug-likeness (QED) is 0.633. The van der Waals surface area contributed by atoms with Crippen LogP contribution in [0.2, 0.25) is 5.02 Å². The number of halogens is 2. The van der Waals surface area contributed by atoms with Crippen LogP contribution in [0.25, 0.3) is 11.4 Å². The molecule has 2 heterocycles. The highest BCUT2D eigenvalue weighted by Gasteiger charge is 2.36. The van der Waals surface area contributed by atoms with Crippen LogP contribution in [0.5, 0.6) is 5.75 Å². The van der Waals surface area contributed by atoms with Crippen LogP contribution in [0.4, 0.5) is 4.39 Å². The monoisotopic (exact) mass is 401 g/mol. The summed E-state index contributed by atoms with van der Waals surface area (Å²) in [6, 6.07) is 11.3. The van der Waals surface area contributed by atoms with Crippen molar-refractivity contribution in [2.24, 2.45) is 0 Å². The second-order valence-electron chi connectivity index (χ2n) is 6.46. The van der Waals surface area contributed by atoms with Gasteiger partial charge in [0.05, 0.1) is 13.7 Å². The molecule has 0 spiro atoms. The Bertz CT molecular complexity index is 986. The number of hydrogen-bond donors (Lipinski definition) is 0. The Morgan fingerprint density at radius 2 is 2.07 bits per heavy atom. The van der Waals surface area contributed by atoms with Crippen molar-refractivity contribution in [1.29, 1.82) is 0 Å². The third-order valence-electron chi connectivity index (χ3n) is 4.79. The normalized spacial score (nSPS) is 16.6. The molecule has 1 aliphatic rings. The lowest BCUT2D eigenvalue weighted by Crippen LogP contribution is -2.28. The van der Waals surface area contributed by atoms with Crippen LogP contribution in [0.3, 0.4) is 0 Å². The number of ether oxygens (including phenoxy) is 1. The van der Waals surface area contributed by atoms with Gasteiger partial charge in [-0.3, -0.25) is 4.79 Å². The average Bonchev–Trinajstić information content (AvgIpc) is 3.32. The van der Waals surface area contributed by atoms with Gasteiger partial charge in [0.15, 0.2) is 0 Å². The van der Waals surface area contributed by atoms with Gasteiger partial charge in [-0.05, 0) is 42.8 Å². The number of aromatic nitrogens is 2. The van der Waals surface area contributed by atoms with Gasteiger partial charge < -0.3 is 14.2 Å². The number of nitrogens with zero attached hydrogens (tertiary/aromatic N) is 3. The molecule has 1 atom stereocenters. The van der Waals surface area contributed by atoms with E-state index < -0.39 is 11.9 Å². The Balaban J connectivity index is 1.59. The predicted molar refractivity (Wildman–Crippen MR) is 100 cm³/mol. The number of benzene rings is 2. The summed E-state index contributed by atoms with van der Waals surface area (Å²) in [6.45, 7) is 0.0508. The topological polar surface area (TPSA) is 68.5 Å². The number of methoxy groups -OCH3 is 1. The lowest BCUT2D eigenvalue weighted by molar-refractivity contribution is -0.130. The van der Waals surface area contributed by atoms with Crippen LogP contribution in [-0.2, 0) is 11.3 Å². The number of likely N-dealkylation sites (tertiary alicyclic amines) is 1. The summed E-state index contributed by atoms with van der Waals surface area (Å²) in [5.41, 5.74) is 1.04. The van der Waals surface area contributed by atoms with Gasteiger partial charge in [0.1, 0.15) is 17.6 Å². The van der Waals surface area contributed by atoms with Crippen LogP contribution in [-0.4, -0.2) is 28.1 Å². The highest BCUT2D eigenvalue weighted by Crippen LogP contribution is 2.35. The van der Waals surface area contributed by atoms with Crippen molar-refractivity contribution in [2.45, 2.75) is 25.4 Å². The van der Waals surface area contributed by atoms with Crippen LogP contribution < -0.4 is 4.74 Å². The summed E-state index contributed by atoms with van der Waals surface area (Å²) in [5, 5.41) is 4.30. The van der Waals surface area contributed by atoms with Gasteiger partial charge in [-0.15, -0.1) is 0 Å². The van der Waals surface area contributed by atoms with E-state index in [9.17, 15) is 9.18 Å². The van der Waals surface area contributed by atoms with Gasteiger partial charge in [0.25, 0.3) is 0 Å². The van der Waals surface area contributed by atoms with Crippen molar-refractivity contribution in [3.63, 3.8) is 0 Å². The third-order valence-corrected chi connectivity index (χ3v) is 5.15. The molecule has 1 fully saturated rings. The minimum Gasteiger partial charge on any atom is -0.497 e. The minimum atomic E-state index is -0.449. The Kier molecular flexibility index (Phi) is 5.00. The summed E-state index contributed by atoms with van der Waals surface area (Å²) in [4.78, 5) is 18.4. The molecular weight excluding hydrogens is 385 g/mol. The fourth-order valence-corrected chi connectivity index (χ4v) is 3.49. The molecule has 8 heteroatoms. The lowest BCUT2D eigenvalue weighted by Gasteiger charge is -2.22. The van der Waals surface area contributed by atoms with E-state index in [1.165, 1.54) is 17.0 Å². The molecule has 6 nitrogen and oxygen atoms in total. The molecule has 1 aromatic heterocycles. The molecule has 2 aromatic carbocycles. The zero-order valence-corrected chi connectivity index (χ0v) is 15.8. The van der Waals surface area contributed by atoms with E-state index in [4.69, 9.17) is 20.9 Å². The summed E-state index contributed by atoms with van der Waals surface area (Å²) < 4.78 is 24.7. The van der Waals surface area contributed by atoms with Crippen LogP contribution in [0, 0.1) is 5.82 Å². The first kappa shape index (κ1) is 18.4. The Morgan fingerprint density at radius 1 is 1.29 bits per heavy atom. The highest BCUT2D eigenvalue weighted by atomic mass is 35.5. The molecule has 1 saturated heterocycles. The third kappa shape index (κ3) is 3.45. The molecule has 0 aliphatic carbocycles. The molecule has 0 radical (unpaired) electrons. The molecule has 144 valence electrons. The van der Waals surface area contributed by atoms with E-state index >= 15 is 0 Å². The largest absolute Gasteiger partial charge is 0.497 e. The van der Waals surface area contributed by atoms with Gasteiger partial charge in [0.2, 0.25) is 17.6 Å². The van der Waals surface area contributed by atoms with E-state index in [1.807, 2.05) is 12.1 Å².